The number of aromatic amines is 1. The lowest BCUT2D eigenvalue weighted by Gasteiger charge is -2.32. The molecule has 33 heavy (non-hydrogen) atoms. The van der Waals surface area contributed by atoms with E-state index in [1.807, 2.05) is 24.5 Å². The van der Waals surface area contributed by atoms with Gasteiger partial charge in [-0.2, -0.15) is 0 Å². The number of halogens is 1. The Balaban J connectivity index is 2.04. The van der Waals surface area contributed by atoms with Crippen LogP contribution in [0.4, 0.5) is 5.69 Å². The van der Waals surface area contributed by atoms with Crippen LogP contribution in [0.3, 0.4) is 0 Å². The van der Waals surface area contributed by atoms with Crippen molar-refractivity contribution in [1.29, 1.82) is 0 Å². The quantitative estimate of drug-likeness (QED) is 0.233. The van der Waals surface area contributed by atoms with Gasteiger partial charge in [-0.1, -0.05) is 53.7 Å². The van der Waals surface area contributed by atoms with Crippen molar-refractivity contribution in [3.63, 3.8) is 0 Å². The minimum absolute atomic E-state index is 0.138. The number of thioether (sulfide) groups is 1. The third-order valence-electron chi connectivity index (χ3n) is 5.29. The first-order valence-electron chi connectivity index (χ1n) is 10.4. The van der Waals surface area contributed by atoms with Crippen molar-refractivity contribution < 1.29 is 19.0 Å². The lowest BCUT2D eigenvalue weighted by atomic mass is 10.0. The second kappa shape index (κ2) is 9.48. The van der Waals surface area contributed by atoms with E-state index >= 15 is 0 Å². The minimum Gasteiger partial charge on any atom is -0.427 e. The smallest absolute Gasteiger partial charge is 0.325 e. The Morgan fingerprint density at radius 3 is 2.67 bits per heavy atom. The number of para-hydroxylation sites is 1. The highest BCUT2D eigenvalue weighted by molar-refractivity contribution is 9.10. The summed E-state index contributed by atoms with van der Waals surface area (Å²) in [6.07, 6.45) is 1.52. The summed E-state index contributed by atoms with van der Waals surface area (Å²) in [6, 6.07) is 12.4. The maximum absolute atomic E-state index is 13.3. The van der Waals surface area contributed by atoms with E-state index in [1.165, 1.54) is 11.8 Å². The number of esters is 1. The number of benzene rings is 2. The number of hydrogen-bond donors (Lipinski definition) is 1. The molecule has 0 spiro atoms. The number of amides is 1. The van der Waals surface area contributed by atoms with Gasteiger partial charge < -0.3 is 4.74 Å². The first-order valence-corrected chi connectivity index (χ1v) is 12.4. The van der Waals surface area contributed by atoms with Gasteiger partial charge in [0.1, 0.15) is 5.75 Å². The van der Waals surface area contributed by atoms with Crippen LogP contribution in [0.5, 0.6) is 5.75 Å². The highest BCUT2D eigenvalue weighted by Crippen LogP contribution is 2.40. The fourth-order valence-electron chi connectivity index (χ4n) is 3.77. The van der Waals surface area contributed by atoms with Gasteiger partial charge in [-0.15, -0.1) is 0 Å². The van der Waals surface area contributed by atoms with E-state index in [2.05, 4.69) is 26.0 Å². The molecular weight excluding hydrogens is 508 g/mol. The molecule has 2 heterocycles. The van der Waals surface area contributed by atoms with Crippen LogP contribution in [0.25, 0.3) is 11.3 Å². The molecule has 0 aliphatic carbocycles. The Kier molecular flexibility index (Phi) is 6.66. The van der Waals surface area contributed by atoms with Crippen LogP contribution in [0.1, 0.15) is 38.4 Å². The molecule has 0 fully saturated rings. The second-order valence-corrected chi connectivity index (χ2v) is 8.92. The van der Waals surface area contributed by atoms with E-state index in [4.69, 9.17) is 4.74 Å². The second-order valence-electron chi connectivity index (χ2n) is 7.28. The SMILES string of the molecule is CCC(=O)Oc1ccc(Br)c([C@@H]2N(C(=O)CC)c3ccccc3-c3c(=O)[nH]c(SC)n[n+]32)c1. The Morgan fingerprint density at radius 1 is 1.21 bits per heavy atom. The van der Waals surface area contributed by atoms with Crippen LogP contribution >= 0.6 is 27.7 Å². The maximum Gasteiger partial charge on any atom is 0.325 e. The zero-order chi connectivity index (χ0) is 23.7. The van der Waals surface area contributed by atoms with Gasteiger partial charge in [0.25, 0.3) is 6.17 Å². The van der Waals surface area contributed by atoms with Crippen LogP contribution in [0, 0.1) is 0 Å². The molecule has 0 bridgehead atoms. The normalized spacial score (nSPS) is 14.4. The molecule has 1 aliphatic heterocycles. The van der Waals surface area contributed by atoms with Crippen molar-refractivity contribution in [2.45, 2.75) is 38.0 Å². The average Bonchev–Trinajstić information content (AvgIpc) is 2.83. The Morgan fingerprint density at radius 2 is 1.97 bits per heavy atom. The first kappa shape index (κ1) is 23.2. The molecular formula is C23H22BrN4O4S+. The van der Waals surface area contributed by atoms with E-state index in [1.54, 1.807) is 47.7 Å². The molecule has 0 saturated heterocycles. The molecule has 3 aromatic rings. The zero-order valence-electron chi connectivity index (χ0n) is 18.3. The van der Waals surface area contributed by atoms with Gasteiger partial charge in [0.2, 0.25) is 11.1 Å². The minimum atomic E-state index is -0.773. The fraction of sp³-hybridized carbons (Fsp3) is 0.261. The molecule has 0 radical (unpaired) electrons. The topological polar surface area (TPSA) is 96.2 Å². The number of carbonyl (C=O) groups excluding carboxylic acids is 2. The summed E-state index contributed by atoms with van der Waals surface area (Å²) in [5.41, 5.74) is 1.89. The largest absolute Gasteiger partial charge is 0.427 e. The molecule has 0 saturated carbocycles. The first-order chi connectivity index (χ1) is 15.9. The van der Waals surface area contributed by atoms with E-state index in [9.17, 15) is 14.4 Å². The molecule has 1 aliphatic rings. The summed E-state index contributed by atoms with van der Waals surface area (Å²) in [7, 11) is 0. The van der Waals surface area contributed by atoms with Gasteiger partial charge in [0.15, 0.2) is 0 Å². The van der Waals surface area contributed by atoms with Gasteiger partial charge in [-0.05, 0) is 41.3 Å². The van der Waals surface area contributed by atoms with E-state index in [0.29, 0.717) is 37.9 Å². The van der Waals surface area contributed by atoms with Crippen LogP contribution < -0.4 is 19.9 Å². The lowest BCUT2D eigenvalue weighted by molar-refractivity contribution is -0.763. The number of ether oxygens (including phenoxy) is 1. The number of H-pyrrole nitrogens is 1. The Bertz CT molecular complexity index is 1310. The van der Waals surface area contributed by atoms with Crippen molar-refractivity contribution in [3.8, 4) is 17.0 Å². The number of fused-ring (bicyclic) bond motifs is 3. The van der Waals surface area contributed by atoms with Gasteiger partial charge in [-0.3, -0.25) is 19.4 Å². The van der Waals surface area contributed by atoms with Gasteiger partial charge in [-0.25, -0.2) is 4.90 Å². The number of nitrogens with zero attached hydrogens (tertiary/aromatic N) is 3. The summed E-state index contributed by atoms with van der Waals surface area (Å²) >= 11 is 4.88. The van der Waals surface area contributed by atoms with Gasteiger partial charge >= 0.3 is 17.2 Å². The zero-order valence-corrected chi connectivity index (χ0v) is 20.7. The highest BCUT2D eigenvalue weighted by atomic mass is 79.9. The number of aromatic nitrogens is 3. The molecule has 0 unspecified atom stereocenters. The van der Waals surface area contributed by atoms with Gasteiger partial charge in [0, 0.05) is 22.4 Å². The third-order valence-corrected chi connectivity index (χ3v) is 6.58. The molecule has 1 N–H and O–H groups in total. The average molecular weight is 530 g/mol. The Labute approximate surface area is 203 Å². The van der Waals surface area contributed by atoms with Crippen LogP contribution in [0.2, 0.25) is 0 Å². The van der Waals surface area contributed by atoms with Crippen molar-refractivity contribution in [2.75, 3.05) is 11.2 Å². The summed E-state index contributed by atoms with van der Waals surface area (Å²) in [4.78, 5) is 42.8. The van der Waals surface area contributed by atoms with E-state index < -0.39 is 6.17 Å². The summed E-state index contributed by atoms with van der Waals surface area (Å²) in [6.45, 7) is 3.50. The number of carbonyl (C=O) groups is 2. The van der Waals surface area contributed by atoms with Crippen molar-refractivity contribution in [1.82, 2.24) is 10.1 Å². The van der Waals surface area contributed by atoms with E-state index in [0.717, 1.165) is 0 Å². The number of anilines is 1. The molecule has 170 valence electrons. The standard InChI is InChI=1S/C23H21BrN4O4S/c1-4-18(29)27-17-9-7-6-8-14(17)20-21(31)25-23(33-3)26-28(20)22(27)15-12-13(10-11-16(15)24)32-19(30)5-2/h6-12,22H,4-5H2,1-3H3/p+1/t22-/m1/s1. The van der Waals surface area contributed by atoms with Crippen LogP contribution in [-0.4, -0.2) is 28.2 Å². The molecule has 4 rings (SSSR count). The molecule has 8 nitrogen and oxygen atoms in total. The predicted octanol–water partition coefficient (Wildman–Crippen LogP) is 3.83. The number of hydrogen-bond acceptors (Lipinski definition) is 6. The monoisotopic (exact) mass is 529 g/mol. The lowest BCUT2D eigenvalue weighted by Crippen LogP contribution is -2.61. The summed E-state index contributed by atoms with van der Waals surface area (Å²) < 4.78 is 7.69. The number of rotatable bonds is 5. The maximum atomic E-state index is 13.3. The van der Waals surface area contributed by atoms with Gasteiger partial charge in [0.05, 0.1) is 16.8 Å². The highest BCUT2D eigenvalue weighted by Gasteiger charge is 2.46. The molecule has 1 atom stereocenters. The molecule has 1 aromatic heterocycles. The molecule has 1 amide bonds. The Hall–Kier alpha value is -2.98. The fourth-order valence-corrected chi connectivity index (χ4v) is 4.59. The summed E-state index contributed by atoms with van der Waals surface area (Å²) in [5, 5.41) is 5.08. The van der Waals surface area contributed by atoms with Crippen LogP contribution in [-0.2, 0) is 9.59 Å². The molecule has 2 aromatic carbocycles. The third kappa shape index (κ3) is 4.20. The van der Waals surface area contributed by atoms with Crippen molar-refractivity contribution in [3.05, 3.63) is 62.9 Å². The summed E-state index contributed by atoms with van der Waals surface area (Å²) in [5.74, 6) is -0.160. The predicted molar refractivity (Wildman–Crippen MR) is 128 cm³/mol. The molecule has 10 heteroatoms. The van der Waals surface area contributed by atoms with E-state index in [-0.39, 0.29) is 30.3 Å². The van der Waals surface area contributed by atoms with Crippen molar-refractivity contribution >= 4 is 45.3 Å². The number of nitrogens with one attached hydrogen (secondary N) is 1. The van der Waals surface area contributed by atoms with Crippen LogP contribution in [0.15, 0.2) is 56.9 Å². The van der Waals surface area contributed by atoms with Crippen molar-refractivity contribution in [2.24, 2.45) is 0 Å².